The van der Waals surface area contributed by atoms with E-state index in [0.29, 0.717) is 11.6 Å². The lowest BCUT2D eigenvalue weighted by Gasteiger charge is -2.34. The van der Waals surface area contributed by atoms with Crippen LogP contribution in [-0.2, 0) is 0 Å². The Morgan fingerprint density at radius 3 is 3.13 bits per heavy atom. The monoisotopic (exact) mass is 208 g/mol. The molecule has 1 aliphatic heterocycles. The lowest BCUT2D eigenvalue weighted by molar-refractivity contribution is 0.0659. The van der Waals surface area contributed by atoms with Crippen molar-refractivity contribution >= 4 is 5.91 Å². The molecule has 1 aromatic heterocycles. The van der Waals surface area contributed by atoms with Gasteiger partial charge >= 0.3 is 0 Å². The highest BCUT2D eigenvalue weighted by molar-refractivity contribution is 5.92. The van der Waals surface area contributed by atoms with Gasteiger partial charge in [0.2, 0.25) is 0 Å². The van der Waals surface area contributed by atoms with Crippen molar-refractivity contribution in [2.24, 2.45) is 11.7 Å². The van der Waals surface area contributed by atoms with Crippen molar-refractivity contribution < 1.29 is 4.79 Å². The third kappa shape index (κ3) is 2.02. The summed E-state index contributed by atoms with van der Waals surface area (Å²) in [5, 5.41) is 0. The first-order valence-corrected chi connectivity index (χ1v) is 5.21. The topological polar surface area (TPSA) is 75.0 Å². The zero-order valence-corrected chi connectivity index (χ0v) is 8.81. The summed E-state index contributed by atoms with van der Waals surface area (Å²) in [6, 6.07) is 0.218. The predicted molar refractivity (Wildman–Crippen MR) is 56.2 cm³/mol. The summed E-state index contributed by atoms with van der Waals surface area (Å²) in [6.45, 7) is 3.56. The Morgan fingerprint density at radius 2 is 2.53 bits per heavy atom. The van der Waals surface area contributed by atoms with Gasteiger partial charge in [-0.15, -0.1) is 0 Å². The maximum Gasteiger partial charge on any atom is 0.271 e. The summed E-state index contributed by atoms with van der Waals surface area (Å²) in [5.41, 5.74) is 6.45. The Balaban J connectivity index is 2.03. The molecular formula is C10H16N4O. The van der Waals surface area contributed by atoms with Crippen molar-refractivity contribution in [3.05, 3.63) is 18.2 Å². The molecule has 0 bridgehead atoms. The van der Waals surface area contributed by atoms with E-state index in [1.54, 1.807) is 6.20 Å². The first-order valence-electron chi connectivity index (χ1n) is 5.21. The molecule has 5 heteroatoms. The van der Waals surface area contributed by atoms with Gasteiger partial charge in [-0.2, -0.15) is 0 Å². The molecule has 0 spiro atoms. The number of hydrogen-bond acceptors (Lipinski definition) is 3. The molecular weight excluding hydrogens is 192 g/mol. The highest BCUT2D eigenvalue weighted by Crippen LogP contribution is 2.16. The third-order valence-corrected chi connectivity index (χ3v) is 2.99. The number of carbonyl (C=O) groups excluding carboxylic acids is 1. The largest absolute Gasteiger partial charge is 0.341 e. The summed E-state index contributed by atoms with van der Waals surface area (Å²) in [6.07, 6.45) is 3.95. The molecule has 1 fully saturated rings. The van der Waals surface area contributed by atoms with Crippen LogP contribution in [0, 0.1) is 5.92 Å². The summed E-state index contributed by atoms with van der Waals surface area (Å²) >= 11 is 0. The number of amides is 1. The molecule has 0 aromatic carbocycles. The normalized spacial score (nSPS) is 26.7. The van der Waals surface area contributed by atoms with E-state index in [2.05, 4.69) is 16.9 Å². The molecule has 0 radical (unpaired) electrons. The van der Waals surface area contributed by atoms with Gasteiger partial charge in [0, 0.05) is 19.1 Å². The Kier molecular flexibility index (Phi) is 2.73. The maximum atomic E-state index is 11.9. The fraction of sp³-hybridized carbons (Fsp3) is 0.600. The van der Waals surface area contributed by atoms with Gasteiger partial charge in [0.05, 0.1) is 12.5 Å². The second-order valence-corrected chi connectivity index (χ2v) is 4.15. The molecule has 82 valence electrons. The van der Waals surface area contributed by atoms with Crippen LogP contribution in [0.1, 0.15) is 23.8 Å². The van der Waals surface area contributed by atoms with E-state index in [9.17, 15) is 4.79 Å². The quantitative estimate of drug-likeness (QED) is 0.693. The number of nitrogens with one attached hydrogen (secondary N) is 1. The average molecular weight is 208 g/mol. The first kappa shape index (κ1) is 10.2. The minimum Gasteiger partial charge on any atom is -0.341 e. The van der Waals surface area contributed by atoms with Gasteiger partial charge < -0.3 is 15.6 Å². The van der Waals surface area contributed by atoms with Crippen LogP contribution in [0.4, 0.5) is 0 Å². The van der Waals surface area contributed by atoms with Gasteiger partial charge in [-0.05, 0) is 12.3 Å². The van der Waals surface area contributed by atoms with Gasteiger partial charge in [-0.1, -0.05) is 6.92 Å². The number of likely N-dealkylation sites (tertiary alicyclic amines) is 1. The Morgan fingerprint density at radius 1 is 1.73 bits per heavy atom. The number of nitrogens with two attached hydrogens (primary N) is 1. The SMILES string of the molecule is CC1CN(C(=O)c2cnc[nH]2)CCC1N. The van der Waals surface area contributed by atoms with E-state index in [1.807, 2.05) is 4.90 Å². The zero-order valence-electron chi connectivity index (χ0n) is 8.81. The number of carbonyl (C=O) groups is 1. The van der Waals surface area contributed by atoms with Crippen molar-refractivity contribution in [2.45, 2.75) is 19.4 Å². The third-order valence-electron chi connectivity index (χ3n) is 2.99. The van der Waals surface area contributed by atoms with E-state index < -0.39 is 0 Å². The average Bonchev–Trinajstić information content (AvgIpc) is 2.74. The van der Waals surface area contributed by atoms with Crippen molar-refractivity contribution in [3.8, 4) is 0 Å². The number of aromatic amines is 1. The van der Waals surface area contributed by atoms with Crippen LogP contribution in [-0.4, -0.2) is 39.9 Å². The molecule has 5 nitrogen and oxygen atoms in total. The molecule has 1 saturated heterocycles. The molecule has 0 saturated carbocycles. The Bertz CT molecular complexity index is 335. The van der Waals surface area contributed by atoms with E-state index in [0.717, 1.165) is 19.5 Å². The molecule has 2 unspecified atom stereocenters. The number of H-pyrrole nitrogens is 1. The second kappa shape index (κ2) is 4.02. The number of rotatable bonds is 1. The highest BCUT2D eigenvalue weighted by Gasteiger charge is 2.27. The van der Waals surface area contributed by atoms with Crippen LogP contribution in [0.15, 0.2) is 12.5 Å². The molecule has 1 aromatic rings. The molecule has 0 aliphatic carbocycles. The van der Waals surface area contributed by atoms with Gasteiger partial charge in [0.15, 0.2) is 0 Å². The van der Waals surface area contributed by atoms with Gasteiger partial charge in [-0.3, -0.25) is 4.79 Å². The first-order chi connectivity index (χ1) is 7.18. The fourth-order valence-electron chi connectivity index (χ4n) is 1.89. The van der Waals surface area contributed by atoms with Crippen molar-refractivity contribution in [3.63, 3.8) is 0 Å². The summed E-state index contributed by atoms with van der Waals surface area (Å²) in [5.74, 6) is 0.386. The van der Waals surface area contributed by atoms with Gasteiger partial charge in [-0.25, -0.2) is 4.98 Å². The number of hydrogen-bond donors (Lipinski definition) is 2. The Labute approximate surface area is 88.7 Å². The van der Waals surface area contributed by atoms with Gasteiger partial charge in [0.1, 0.15) is 5.69 Å². The van der Waals surface area contributed by atoms with Crippen molar-refractivity contribution in [2.75, 3.05) is 13.1 Å². The summed E-state index contributed by atoms with van der Waals surface area (Å²) < 4.78 is 0. The molecule has 15 heavy (non-hydrogen) atoms. The predicted octanol–water partition coefficient (Wildman–Crippen LogP) is 0.219. The van der Waals surface area contributed by atoms with Crippen LogP contribution in [0.25, 0.3) is 0 Å². The van der Waals surface area contributed by atoms with Crippen LogP contribution >= 0.6 is 0 Å². The number of aromatic nitrogens is 2. The summed E-state index contributed by atoms with van der Waals surface area (Å²) in [7, 11) is 0. The molecule has 1 amide bonds. The summed E-state index contributed by atoms with van der Waals surface area (Å²) in [4.78, 5) is 20.4. The maximum absolute atomic E-state index is 11.9. The van der Waals surface area contributed by atoms with Crippen LogP contribution < -0.4 is 5.73 Å². The second-order valence-electron chi connectivity index (χ2n) is 4.15. The van der Waals surface area contributed by atoms with Gasteiger partial charge in [0.25, 0.3) is 5.91 Å². The molecule has 2 atom stereocenters. The molecule has 2 rings (SSSR count). The molecule has 1 aliphatic rings. The van der Waals surface area contributed by atoms with E-state index in [-0.39, 0.29) is 11.9 Å². The van der Waals surface area contributed by atoms with Crippen molar-refractivity contribution in [1.82, 2.24) is 14.9 Å². The lowest BCUT2D eigenvalue weighted by Crippen LogP contribution is -2.48. The molecule has 3 N–H and O–H groups in total. The number of nitrogens with zero attached hydrogens (tertiary/aromatic N) is 2. The minimum absolute atomic E-state index is 0.0197. The van der Waals surface area contributed by atoms with Crippen molar-refractivity contribution in [1.29, 1.82) is 0 Å². The number of imidazole rings is 1. The highest BCUT2D eigenvalue weighted by atomic mass is 16.2. The molecule has 2 heterocycles. The zero-order chi connectivity index (χ0) is 10.8. The van der Waals surface area contributed by atoms with Crippen LogP contribution in [0.5, 0.6) is 0 Å². The van der Waals surface area contributed by atoms with E-state index in [4.69, 9.17) is 5.73 Å². The standard InChI is InChI=1S/C10H16N4O/c1-7-5-14(3-2-8(7)11)10(15)9-4-12-6-13-9/h4,6-8H,2-3,5,11H2,1H3,(H,12,13). The van der Waals surface area contributed by atoms with E-state index >= 15 is 0 Å². The van der Waals surface area contributed by atoms with Crippen LogP contribution in [0.3, 0.4) is 0 Å². The number of piperidine rings is 1. The Hall–Kier alpha value is -1.36. The van der Waals surface area contributed by atoms with E-state index in [1.165, 1.54) is 6.33 Å². The lowest BCUT2D eigenvalue weighted by atomic mass is 9.95. The smallest absolute Gasteiger partial charge is 0.271 e. The van der Waals surface area contributed by atoms with Crippen LogP contribution in [0.2, 0.25) is 0 Å². The fourth-order valence-corrected chi connectivity index (χ4v) is 1.89. The minimum atomic E-state index is 0.0197.